The number of aromatic nitrogens is 2. The maximum atomic E-state index is 13.9. The van der Waals surface area contributed by atoms with Crippen LogP contribution in [0.1, 0.15) is 27.0 Å². The molecule has 0 radical (unpaired) electrons. The van der Waals surface area contributed by atoms with Crippen LogP contribution in [0, 0.1) is 24.4 Å². The molecule has 0 fully saturated rings. The van der Waals surface area contributed by atoms with Crippen LogP contribution in [0.4, 0.5) is 18.9 Å². The number of aryl methyl sites for hydroxylation is 1. The molecule has 0 unspecified atom stereocenters. The van der Waals surface area contributed by atoms with Gasteiger partial charge in [-0.1, -0.05) is 30.3 Å². The van der Waals surface area contributed by atoms with Gasteiger partial charge in [-0.3, -0.25) is 9.48 Å². The molecule has 0 aliphatic heterocycles. The fraction of sp³-hybridized carbons (Fsp3) is 0.120. The molecule has 0 atom stereocenters. The molecule has 33 heavy (non-hydrogen) atoms. The molecule has 8 heteroatoms. The van der Waals surface area contributed by atoms with E-state index in [4.69, 9.17) is 4.74 Å². The second-order valence-corrected chi connectivity index (χ2v) is 7.51. The number of nitrogens with zero attached hydrogens (tertiary/aromatic N) is 2. The van der Waals surface area contributed by atoms with Crippen molar-refractivity contribution >= 4 is 11.6 Å². The third-order valence-electron chi connectivity index (χ3n) is 4.95. The fourth-order valence-corrected chi connectivity index (χ4v) is 3.13. The monoisotopic (exact) mass is 451 g/mol. The summed E-state index contributed by atoms with van der Waals surface area (Å²) in [7, 11) is 0. The zero-order chi connectivity index (χ0) is 23.4. The van der Waals surface area contributed by atoms with Crippen LogP contribution in [0.5, 0.6) is 5.88 Å². The average molecular weight is 451 g/mol. The molecule has 0 aliphatic rings. The zero-order valence-electron chi connectivity index (χ0n) is 17.7. The highest BCUT2D eigenvalue weighted by Crippen LogP contribution is 2.22. The van der Waals surface area contributed by atoms with E-state index in [0.29, 0.717) is 16.8 Å². The smallest absolute Gasteiger partial charge is 0.262 e. The summed E-state index contributed by atoms with van der Waals surface area (Å²) in [5.74, 6) is -1.63. The van der Waals surface area contributed by atoms with Crippen LogP contribution >= 0.6 is 0 Å². The van der Waals surface area contributed by atoms with Gasteiger partial charge in [-0.2, -0.15) is 0 Å². The Bertz CT molecular complexity index is 1270. The van der Waals surface area contributed by atoms with Crippen LogP contribution in [-0.4, -0.2) is 15.7 Å². The molecule has 4 aromatic rings. The number of halogens is 3. The van der Waals surface area contributed by atoms with Gasteiger partial charge in [-0.15, -0.1) is 5.10 Å². The lowest BCUT2D eigenvalue weighted by Crippen LogP contribution is -2.13. The standard InChI is InChI=1S/C25H20F3N3O2/c1-16-2-11-21(12-23(16)28)29-24(32)22-14-31(13-17-3-7-19(26)8-4-17)30-25(22)33-15-18-5-9-20(27)10-6-18/h2-12,14H,13,15H2,1H3,(H,29,32). The van der Waals surface area contributed by atoms with Crippen molar-refractivity contribution in [2.24, 2.45) is 0 Å². The molecular formula is C25H20F3N3O2. The summed E-state index contributed by atoms with van der Waals surface area (Å²) in [6.07, 6.45) is 1.50. The van der Waals surface area contributed by atoms with Gasteiger partial charge in [0.05, 0.1) is 6.54 Å². The van der Waals surface area contributed by atoms with E-state index in [1.807, 2.05) is 0 Å². The summed E-state index contributed by atoms with van der Waals surface area (Å²) in [6, 6.07) is 16.1. The van der Waals surface area contributed by atoms with Gasteiger partial charge in [0.2, 0.25) is 5.88 Å². The number of carbonyl (C=O) groups excluding carboxylic acids is 1. The minimum Gasteiger partial charge on any atom is -0.471 e. The molecule has 5 nitrogen and oxygen atoms in total. The summed E-state index contributed by atoms with van der Waals surface area (Å²) in [5.41, 5.74) is 2.36. The molecule has 1 aromatic heterocycles. The largest absolute Gasteiger partial charge is 0.471 e. The van der Waals surface area contributed by atoms with Crippen LogP contribution in [0.25, 0.3) is 0 Å². The van der Waals surface area contributed by atoms with E-state index >= 15 is 0 Å². The molecule has 168 valence electrons. The van der Waals surface area contributed by atoms with Crippen molar-refractivity contribution in [3.05, 3.63) is 113 Å². The highest BCUT2D eigenvalue weighted by molar-refractivity contribution is 6.05. The Morgan fingerprint density at radius 2 is 1.58 bits per heavy atom. The molecule has 1 N–H and O–H groups in total. The molecule has 0 spiro atoms. The topological polar surface area (TPSA) is 56.2 Å². The van der Waals surface area contributed by atoms with Crippen molar-refractivity contribution < 1.29 is 22.7 Å². The van der Waals surface area contributed by atoms with Crippen LogP contribution in [-0.2, 0) is 13.2 Å². The second kappa shape index (κ2) is 9.60. The quantitative estimate of drug-likeness (QED) is 0.404. The minimum absolute atomic E-state index is 0.0616. The van der Waals surface area contributed by atoms with E-state index in [9.17, 15) is 18.0 Å². The van der Waals surface area contributed by atoms with Gasteiger partial charge in [0, 0.05) is 11.9 Å². The lowest BCUT2D eigenvalue weighted by molar-refractivity contribution is 0.102. The van der Waals surface area contributed by atoms with Crippen LogP contribution < -0.4 is 10.1 Å². The first-order valence-electron chi connectivity index (χ1n) is 10.1. The molecule has 0 saturated heterocycles. The Balaban J connectivity index is 1.58. The Morgan fingerprint density at radius 3 is 2.21 bits per heavy atom. The third-order valence-corrected chi connectivity index (χ3v) is 4.95. The summed E-state index contributed by atoms with van der Waals surface area (Å²) in [4.78, 5) is 12.9. The summed E-state index contributed by atoms with van der Waals surface area (Å²) in [5, 5.41) is 6.99. The van der Waals surface area contributed by atoms with Crippen molar-refractivity contribution in [2.75, 3.05) is 5.32 Å². The number of benzene rings is 3. The second-order valence-electron chi connectivity index (χ2n) is 7.51. The highest BCUT2D eigenvalue weighted by atomic mass is 19.1. The lowest BCUT2D eigenvalue weighted by Gasteiger charge is -2.08. The first-order chi connectivity index (χ1) is 15.9. The number of nitrogens with one attached hydrogen (secondary N) is 1. The van der Waals surface area contributed by atoms with Crippen molar-refractivity contribution in [2.45, 2.75) is 20.1 Å². The summed E-state index contributed by atoms with van der Waals surface area (Å²) < 4.78 is 47.5. The SMILES string of the molecule is Cc1ccc(NC(=O)c2cn(Cc3ccc(F)cc3)nc2OCc2ccc(F)cc2)cc1F. The maximum absolute atomic E-state index is 13.9. The first kappa shape index (κ1) is 22.1. The van der Waals surface area contributed by atoms with E-state index in [1.54, 1.807) is 43.3 Å². The normalized spacial score (nSPS) is 10.8. The number of hydrogen-bond acceptors (Lipinski definition) is 3. The van der Waals surface area contributed by atoms with Crippen LogP contribution in [0.15, 0.2) is 72.9 Å². The predicted molar refractivity (Wildman–Crippen MR) is 118 cm³/mol. The molecular weight excluding hydrogens is 431 g/mol. The Morgan fingerprint density at radius 1 is 0.939 bits per heavy atom. The first-order valence-corrected chi connectivity index (χ1v) is 10.1. The van der Waals surface area contributed by atoms with Gasteiger partial charge in [-0.05, 0) is 60.0 Å². The molecule has 0 aliphatic carbocycles. The Labute approximate surface area is 188 Å². The molecule has 3 aromatic carbocycles. The minimum atomic E-state index is -0.530. The average Bonchev–Trinajstić information content (AvgIpc) is 3.20. The number of amides is 1. The number of carbonyl (C=O) groups is 1. The van der Waals surface area contributed by atoms with Crippen molar-refractivity contribution in [3.8, 4) is 5.88 Å². The lowest BCUT2D eigenvalue weighted by atomic mass is 10.2. The van der Waals surface area contributed by atoms with Crippen molar-refractivity contribution in [1.82, 2.24) is 9.78 Å². The van der Waals surface area contributed by atoms with E-state index in [2.05, 4.69) is 10.4 Å². The van der Waals surface area contributed by atoms with Crippen LogP contribution in [0.3, 0.4) is 0 Å². The van der Waals surface area contributed by atoms with Gasteiger partial charge in [0.1, 0.15) is 29.6 Å². The maximum Gasteiger partial charge on any atom is 0.262 e. The molecule has 0 saturated carbocycles. The van der Waals surface area contributed by atoms with Crippen molar-refractivity contribution in [3.63, 3.8) is 0 Å². The van der Waals surface area contributed by atoms with E-state index in [0.717, 1.165) is 5.56 Å². The number of rotatable bonds is 7. The fourth-order valence-electron chi connectivity index (χ4n) is 3.13. The van der Waals surface area contributed by atoms with Gasteiger partial charge < -0.3 is 10.1 Å². The van der Waals surface area contributed by atoms with Gasteiger partial charge in [0.25, 0.3) is 5.91 Å². The van der Waals surface area contributed by atoms with Gasteiger partial charge in [0.15, 0.2) is 0 Å². The van der Waals surface area contributed by atoms with Gasteiger partial charge in [-0.25, -0.2) is 13.2 Å². The van der Waals surface area contributed by atoms with E-state index < -0.39 is 11.7 Å². The molecule has 0 bridgehead atoms. The van der Waals surface area contributed by atoms with Crippen molar-refractivity contribution in [1.29, 1.82) is 0 Å². The number of hydrogen-bond donors (Lipinski definition) is 1. The third kappa shape index (κ3) is 5.60. The Hall–Kier alpha value is -4.07. The molecule has 1 amide bonds. The number of ether oxygens (including phenoxy) is 1. The zero-order valence-corrected chi connectivity index (χ0v) is 17.7. The van der Waals surface area contributed by atoms with Crippen LogP contribution in [0.2, 0.25) is 0 Å². The van der Waals surface area contributed by atoms with E-state index in [1.165, 1.54) is 41.2 Å². The van der Waals surface area contributed by atoms with E-state index in [-0.39, 0.29) is 36.2 Å². The molecule has 4 rings (SSSR count). The number of anilines is 1. The molecule has 1 heterocycles. The summed E-state index contributed by atoms with van der Waals surface area (Å²) in [6.45, 7) is 1.97. The highest BCUT2D eigenvalue weighted by Gasteiger charge is 2.19. The summed E-state index contributed by atoms with van der Waals surface area (Å²) >= 11 is 0. The predicted octanol–water partition coefficient (Wildman–Crippen LogP) is 5.49. The Kier molecular flexibility index (Phi) is 6.44. The van der Waals surface area contributed by atoms with Gasteiger partial charge >= 0.3 is 0 Å².